The number of oxazole rings is 1. The van der Waals surface area contributed by atoms with Crippen molar-refractivity contribution >= 4 is 44.5 Å². The number of para-hydroxylation sites is 2. The molecule has 2 aromatic heterocycles. The lowest BCUT2D eigenvalue weighted by Gasteiger charge is -2.29. The SMILES string of the molecule is O=C(CCc1oc(-n2cnc3ccccc32)nc1-c1ccc(Cl)cc1)N1CCC(Br)CC1. The summed E-state index contributed by atoms with van der Waals surface area (Å²) in [5, 5.41) is 0.657. The molecule has 1 fully saturated rings. The summed E-state index contributed by atoms with van der Waals surface area (Å²) in [5.41, 5.74) is 3.40. The Labute approximate surface area is 199 Å². The van der Waals surface area contributed by atoms with Crippen LogP contribution in [0.4, 0.5) is 0 Å². The van der Waals surface area contributed by atoms with Gasteiger partial charge in [0.25, 0.3) is 0 Å². The third-order valence-electron chi connectivity index (χ3n) is 5.81. The maximum absolute atomic E-state index is 12.8. The van der Waals surface area contributed by atoms with Gasteiger partial charge in [-0.05, 0) is 37.1 Å². The highest BCUT2D eigenvalue weighted by Crippen LogP contribution is 2.29. The van der Waals surface area contributed by atoms with Crippen LogP contribution in [-0.2, 0) is 11.2 Å². The Bertz CT molecular complexity index is 1240. The number of carbonyl (C=O) groups excluding carboxylic acids is 1. The van der Waals surface area contributed by atoms with E-state index in [0.717, 1.165) is 48.2 Å². The fraction of sp³-hybridized carbons (Fsp3) is 0.292. The lowest BCUT2D eigenvalue weighted by atomic mass is 10.1. The van der Waals surface area contributed by atoms with Gasteiger partial charge in [-0.25, -0.2) is 4.98 Å². The molecule has 1 aliphatic heterocycles. The molecule has 1 amide bonds. The predicted octanol–water partition coefficient (Wildman–Crippen LogP) is 5.65. The van der Waals surface area contributed by atoms with Gasteiger partial charge in [0, 0.05) is 41.3 Å². The first-order chi connectivity index (χ1) is 15.6. The topological polar surface area (TPSA) is 64.2 Å². The second kappa shape index (κ2) is 9.08. The van der Waals surface area contributed by atoms with E-state index >= 15 is 0 Å². The number of carbonyl (C=O) groups is 1. The molecule has 0 unspecified atom stereocenters. The van der Waals surface area contributed by atoms with Crippen molar-refractivity contribution < 1.29 is 9.21 Å². The highest BCUT2D eigenvalue weighted by Gasteiger charge is 2.23. The van der Waals surface area contributed by atoms with E-state index in [1.165, 1.54) is 0 Å². The molecule has 164 valence electrons. The lowest BCUT2D eigenvalue weighted by Crippen LogP contribution is -2.38. The number of aromatic nitrogens is 3. The number of piperidine rings is 1. The van der Waals surface area contributed by atoms with Crippen LogP contribution in [0.15, 0.2) is 59.3 Å². The molecule has 0 saturated carbocycles. The number of imidazole rings is 1. The monoisotopic (exact) mass is 512 g/mol. The van der Waals surface area contributed by atoms with E-state index in [-0.39, 0.29) is 5.91 Å². The first-order valence-corrected chi connectivity index (χ1v) is 12.0. The minimum Gasteiger partial charge on any atom is -0.427 e. The molecule has 3 heterocycles. The fourth-order valence-corrected chi connectivity index (χ4v) is 4.57. The molecule has 1 saturated heterocycles. The number of nitrogens with zero attached hydrogens (tertiary/aromatic N) is 4. The van der Waals surface area contributed by atoms with Crippen LogP contribution in [0.1, 0.15) is 25.0 Å². The number of alkyl halides is 1. The van der Waals surface area contributed by atoms with Crippen LogP contribution in [-0.4, -0.2) is 43.3 Å². The Balaban J connectivity index is 1.45. The Morgan fingerprint density at radius 3 is 2.66 bits per heavy atom. The van der Waals surface area contributed by atoms with Crippen molar-refractivity contribution in [1.29, 1.82) is 0 Å². The Hall–Kier alpha value is -2.64. The van der Waals surface area contributed by atoms with Gasteiger partial charge in [-0.1, -0.05) is 51.8 Å². The van der Waals surface area contributed by atoms with Gasteiger partial charge in [0.2, 0.25) is 5.91 Å². The quantitative estimate of drug-likeness (QED) is 0.323. The summed E-state index contributed by atoms with van der Waals surface area (Å²) in [6.45, 7) is 1.59. The third kappa shape index (κ3) is 4.32. The van der Waals surface area contributed by atoms with Gasteiger partial charge in [-0.15, -0.1) is 0 Å². The molecule has 1 aliphatic rings. The molecule has 4 aromatic rings. The van der Waals surface area contributed by atoms with Crippen molar-refractivity contribution in [3.8, 4) is 17.3 Å². The van der Waals surface area contributed by atoms with Crippen LogP contribution in [0.5, 0.6) is 0 Å². The first kappa shape index (κ1) is 21.2. The second-order valence-corrected chi connectivity index (χ2v) is 9.67. The molecule has 8 heteroatoms. The van der Waals surface area contributed by atoms with E-state index in [9.17, 15) is 4.79 Å². The van der Waals surface area contributed by atoms with Gasteiger partial charge in [0.15, 0.2) is 0 Å². The van der Waals surface area contributed by atoms with Crippen molar-refractivity contribution in [2.75, 3.05) is 13.1 Å². The maximum atomic E-state index is 12.8. The molecular weight excluding hydrogens is 492 g/mol. The summed E-state index contributed by atoms with van der Waals surface area (Å²) in [6.07, 6.45) is 4.54. The van der Waals surface area contributed by atoms with Gasteiger partial charge in [-0.2, -0.15) is 4.98 Å². The molecule has 0 bridgehead atoms. The molecular formula is C24H22BrClN4O2. The highest BCUT2D eigenvalue weighted by molar-refractivity contribution is 9.09. The van der Waals surface area contributed by atoms with Crippen LogP contribution in [0.3, 0.4) is 0 Å². The number of fused-ring (bicyclic) bond motifs is 1. The van der Waals surface area contributed by atoms with Gasteiger partial charge >= 0.3 is 6.01 Å². The van der Waals surface area contributed by atoms with Crippen LogP contribution < -0.4 is 0 Å². The molecule has 2 aromatic carbocycles. The number of amides is 1. The van der Waals surface area contributed by atoms with Crippen molar-refractivity contribution in [3.05, 3.63) is 65.6 Å². The van der Waals surface area contributed by atoms with E-state index in [2.05, 4.69) is 20.9 Å². The van der Waals surface area contributed by atoms with Gasteiger partial charge in [-0.3, -0.25) is 9.36 Å². The zero-order chi connectivity index (χ0) is 22.1. The van der Waals surface area contributed by atoms with E-state index in [4.69, 9.17) is 21.0 Å². The van der Waals surface area contributed by atoms with E-state index < -0.39 is 0 Å². The third-order valence-corrected chi connectivity index (χ3v) is 6.97. The Morgan fingerprint density at radius 1 is 1.12 bits per heavy atom. The Morgan fingerprint density at radius 2 is 1.88 bits per heavy atom. The highest BCUT2D eigenvalue weighted by atomic mass is 79.9. The number of aryl methyl sites for hydroxylation is 1. The number of benzene rings is 2. The minimum atomic E-state index is 0.150. The largest absolute Gasteiger partial charge is 0.427 e. The average molecular weight is 514 g/mol. The zero-order valence-electron chi connectivity index (χ0n) is 17.4. The average Bonchev–Trinajstić information content (AvgIpc) is 3.43. The number of rotatable bonds is 5. The van der Waals surface area contributed by atoms with Crippen LogP contribution in [0.2, 0.25) is 5.02 Å². The maximum Gasteiger partial charge on any atom is 0.308 e. The van der Waals surface area contributed by atoms with Crippen LogP contribution >= 0.6 is 27.5 Å². The van der Waals surface area contributed by atoms with E-state index in [1.807, 2.05) is 58.0 Å². The molecule has 6 nitrogen and oxygen atoms in total. The van der Waals surface area contributed by atoms with Crippen molar-refractivity contribution in [3.63, 3.8) is 0 Å². The number of likely N-dealkylation sites (tertiary alicyclic amines) is 1. The van der Waals surface area contributed by atoms with Crippen molar-refractivity contribution in [2.45, 2.75) is 30.5 Å². The van der Waals surface area contributed by atoms with Crippen LogP contribution in [0.25, 0.3) is 28.3 Å². The number of hydrogen-bond acceptors (Lipinski definition) is 4. The summed E-state index contributed by atoms with van der Waals surface area (Å²) in [4.78, 5) is 24.5. The first-order valence-electron chi connectivity index (χ1n) is 10.7. The summed E-state index contributed by atoms with van der Waals surface area (Å²) in [5.74, 6) is 0.835. The van der Waals surface area contributed by atoms with Crippen LogP contribution in [0, 0.1) is 0 Å². The summed E-state index contributed by atoms with van der Waals surface area (Å²) in [7, 11) is 0. The Kier molecular flexibility index (Phi) is 6.02. The lowest BCUT2D eigenvalue weighted by molar-refractivity contribution is -0.132. The summed E-state index contributed by atoms with van der Waals surface area (Å²) < 4.78 is 8.04. The fourth-order valence-electron chi connectivity index (χ4n) is 4.03. The standard InChI is InChI=1S/C24H22BrClN4O2/c25-17-11-13-29(14-12-17)22(31)10-9-21-23(16-5-7-18(26)8-6-16)28-24(32-21)30-15-27-19-3-1-2-4-20(19)30/h1-8,15,17H,9-14H2. The van der Waals surface area contributed by atoms with Gasteiger partial charge in [0.1, 0.15) is 17.8 Å². The molecule has 0 N–H and O–H groups in total. The predicted molar refractivity (Wildman–Crippen MR) is 128 cm³/mol. The van der Waals surface area contributed by atoms with E-state index in [1.54, 1.807) is 6.33 Å². The normalized spacial score (nSPS) is 14.9. The van der Waals surface area contributed by atoms with Crippen molar-refractivity contribution in [2.24, 2.45) is 0 Å². The second-order valence-electron chi connectivity index (χ2n) is 7.93. The van der Waals surface area contributed by atoms with Gasteiger partial charge in [0.05, 0.1) is 11.0 Å². The number of hydrogen-bond donors (Lipinski definition) is 0. The molecule has 0 spiro atoms. The molecule has 5 rings (SSSR count). The minimum absolute atomic E-state index is 0.150. The molecule has 0 radical (unpaired) electrons. The summed E-state index contributed by atoms with van der Waals surface area (Å²) in [6, 6.07) is 15.8. The summed E-state index contributed by atoms with van der Waals surface area (Å²) >= 11 is 9.72. The molecule has 0 atom stereocenters. The smallest absolute Gasteiger partial charge is 0.308 e. The van der Waals surface area contributed by atoms with Gasteiger partial charge < -0.3 is 9.32 Å². The van der Waals surface area contributed by atoms with Crippen molar-refractivity contribution in [1.82, 2.24) is 19.4 Å². The molecule has 32 heavy (non-hydrogen) atoms. The molecule has 0 aliphatic carbocycles. The zero-order valence-corrected chi connectivity index (χ0v) is 19.7. The van der Waals surface area contributed by atoms with E-state index in [0.29, 0.717) is 34.5 Å². The number of halogens is 2.